The molecule has 0 aliphatic heterocycles. The smallest absolute Gasteiger partial charge is 0.251 e. The summed E-state index contributed by atoms with van der Waals surface area (Å²) in [5, 5.41) is 9.10. The number of aromatic nitrogens is 3. The van der Waals surface area contributed by atoms with Gasteiger partial charge in [-0.1, -0.05) is 12.1 Å². The monoisotopic (exact) mass is 367 g/mol. The lowest BCUT2D eigenvalue weighted by Gasteiger charge is -2.12. The minimum Gasteiger partial charge on any atom is -0.370 e. The van der Waals surface area contributed by atoms with E-state index in [0.717, 1.165) is 28.6 Å². The number of hydrogen-bond donors (Lipinski definition) is 2. The van der Waals surface area contributed by atoms with Crippen LogP contribution < -0.4 is 10.6 Å². The summed E-state index contributed by atoms with van der Waals surface area (Å²) in [6.45, 7) is 6.70. The minimum atomic E-state index is -0.132. The molecule has 0 aliphatic rings. The van der Waals surface area contributed by atoms with E-state index in [9.17, 15) is 4.79 Å². The van der Waals surface area contributed by atoms with Crippen molar-refractivity contribution in [3.8, 4) is 11.4 Å². The van der Waals surface area contributed by atoms with Crippen molar-refractivity contribution >= 4 is 23.1 Å². The molecule has 2 heterocycles. The molecule has 134 valence electrons. The van der Waals surface area contributed by atoms with Crippen LogP contribution in [-0.4, -0.2) is 27.4 Å². The van der Waals surface area contributed by atoms with E-state index >= 15 is 0 Å². The van der Waals surface area contributed by atoms with Gasteiger partial charge in [0.25, 0.3) is 5.91 Å². The van der Waals surface area contributed by atoms with Gasteiger partial charge in [-0.2, -0.15) is 0 Å². The number of amides is 1. The Kier molecular flexibility index (Phi) is 5.58. The van der Waals surface area contributed by atoms with E-state index in [4.69, 9.17) is 0 Å². The van der Waals surface area contributed by atoms with Crippen LogP contribution in [0.2, 0.25) is 0 Å². The summed E-state index contributed by atoms with van der Waals surface area (Å²) in [4.78, 5) is 25.6. The molecule has 6 nitrogen and oxygen atoms in total. The average molecular weight is 367 g/mol. The number of anilines is 1. The lowest BCUT2D eigenvalue weighted by atomic mass is 10.1. The van der Waals surface area contributed by atoms with E-state index in [1.54, 1.807) is 29.7 Å². The quantitative estimate of drug-likeness (QED) is 0.692. The number of carbonyl (C=O) groups excluding carboxylic acids is 1. The Bertz CT molecular complexity index is 891. The van der Waals surface area contributed by atoms with E-state index in [2.05, 4.69) is 25.6 Å². The number of benzene rings is 1. The molecule has 0 saturated carbocycles. The van der Waals surface area contributed by atoms with Crippen molar-refractivity contribution in [2.24, 2.45) is 0 Å². The topological polar surface area (TPSA) is 79.8 Å². The van der Waals surface area contributed by atoms with Gasteiger partial charge in [-0.05, 0) is 39.0 Å². The van der Waals surface area contributed by atoms with E-state index in [0.29, 0.717) is 11.4 Å². The van der Waals surface area contributed by atoms with Gasteiger partial charge in [0.05, 0.1) is 16.7 Å². The third-order valence-corrected chi connectivity index (χ3v) is 4.64. The van der Waals surface area contributed by atoms with Crippen molar-refractivity contribution in [3.05, 3.63) is 58.2 Å². The molecular weight excluding hydrogens is 346 g/mol. The highest BCUT2D eigenvalue weighted by Gasteiger charge is 2.14. The third-order valence-electron chi connectivity index (χ3n) is 3.85. The summed E-state index contributed by atoms with van der Waals surface area (Å²) in [5.74, 6) is 1.28. The lowest BCUT2D eigenvalue weighted by molar-refractivity contribution is 0.0939. The second-order valence-corrected chi connectivity index (χ2v) is 6.92. The Morgan fingerprint density at radius 1 is 1.19 bits per heavy atom. The summed E-state index contributed by atoms with van der Waals surface area (Å²) in [6.07, 6.45) is 1.72. The second-order valence-electron chi connectivity index (χ2n) is 5.86. The summed E-state index contributed by atoms with van der Waals surface area (Å²) in [5.41, 5.74) is 2.34. The van der Waals surface area contributed by atoms with Gasteiger partial charge in [0, 0.05) is 29.2 Å². The number of nitrogens with one attached hydrogen (secondary N) is 2. The number of thiazole rings is 1. The first-order chi connectivity index (χ1) is 12.6. The van der Waals surface area contributed by atoms with Crippen molar-refractivity contribution in [2.75, 3.05) is 11.9 Å². The van der Waals surface area contributed by atoms with Gasteiger partial charge in [-0.3, -0.25) is 4.79 Å². The molecule has 0 aliphatic carbocycles. The predicted octanol–water partition coefficient (Wildman–Crippen LogP) is 3.83. The summed E-state index contributed by atoms with van der Waals surface area (Å²) in [7, 11) is 0. The van der Waals surface area contributed by atoms with E-state index in [1.807, 2.05) is 44.4 Å². The highest BCUT2D eigenvalue weighted by molar-refractivity contribution is 7.09. The Morgan fingerprint density at radius 3 is 2.62 bits per heavy atom. The van der Waals surface area contributed by atoms with Gasteiger partial charge in [-0.15, -0.1) is 11.3 Å². The molecule has 0 saturated heterocycles. The zero-order valence-corrected chi connectivity index (χ0v) is 15.8. The Morgan fingerprint density at radius 2 is 1.96 bits per heavy atom. The van der Waals surface area contributed by atoms with Crippen LogP contribution >= 0.6 is 11.3 Å². The molecule has 2 N–H and O–H groups in total. The van der Waals surface area contributed by atoms with Gasteiger partial charge in [0.1, 0.15) is 5.82 Å². The standard InChI is InChI=1S/C19H21N5OS/c1-4-20-17-9-10-21-18(24-17)14-5-7-15(8-6-14)19(25)22-12(2)16-11-26-13(3)23-16/h5-12H,4H2,1-3H3,(H,22,25)(H,20,21,24)/t12-/m1/s1. The molecule has 0 bridgehead atoms. The number of rotatable bonds is 6. The molecule has 2 aromatic heterocycles. The van der Waals surface area contributed by atoms with Crippen molar-refractivity contribution in [1.82, 2.24) is 20.3 Å². The van der Waals surface area contributed by atoms with Crippen molar-refractivity contribution in [1.29, 1.82) is 0 Å². The highest BCUT2D eigenvalue weighted by atomic mass is 32.1. The van der Waals surface area contributed by atoms with E-state index < -0.39 is 0 Å². The number of aryl methyl sites for hydroxylation is 1. The molecule has 26 heavy (non-hydrogen) atoms. The molecule has 7 heteroatoms. The van der Waals surface area contributed by atoms with Crippen LogP contribution in [0.25, 0.3) is 11.4 Å². The summed E-state index contributed by atoms with van der Waals surface area (Å²) >= 11 is 1.58. The minimum absolute atomic E-state index is 0.128. The zero-order chi connectivity index (χ0) is 18.5. The molecule has 0 radical (unpaired) electrons. The molecule has 0 unspecified atom stereocenters. The molecule has 0 spiro atoms. The van der Waals surface area contributed by atoms with Crippen molar-refractivity contribution < 1.29 is 4.79 Å². The van der Waals surface area contributed by atoms with Crippen molar-refractivity contribution in [2.45, 2.75) is 26.8 Å². The highest BCUT2D eigenvalue weighted by Crippen LogP contribution is 2.19. The first-order valence-electron chi connectivity index (χ1n) is 8.47. The first kappa shape index (κ1) is 18.0. The van der Waals surface area contributed by atoms with Gasteiger partial charge in [0.15, 0.2) is 5.82 Å². The van der Waals surface area contributed by atoms with Crippen molar-refractivity contribution in [3.63, 3.8) is 0 Å². The average Bonchev–Trinajstić information content (AvgIpc) is 3.09. The van der Waals surface area contributed by atoms with Crippen LogP contribution in [0.4, 0.5) is 5.82 Å². The first-order valence-corrected chi connectivity index (χ1v) is 9.35. The van der Waals surface area contributed by atoms with Gasteiger partial charge in [-0.25, -0.2) is 15.0 Å². The fourth-order valence-electron chi connectivity index (χ4n) is 2.48. The maximum absolute atomic E-state index is 12.4. The fourth-order valence-corrected chi connectivity index (χ4v) is 3.19. The van der Waals surface area contributed by atoms with E-state index in [-0.39, 0.29) is 11.9 Å². The Hall–Kier alpha value is -2.80. The number of nitrogens with zero attached hydrogens (tertiary/aromatic N) is 3. The largest absolute Gasteiger partial charge is 0.370 e. The maximum atomic E-state index is 12.4. The van der Waals surface area contributed by atoms with Crippen LogP contribution in [0.1, 0.15) is 40.9 Å². The zero-order valence-electron chi connectivity index (χ0n) is 15.0. The normalized spacial score (nSPS) is 11.8. The maximum Gasteiger partial charge on any atom is 0.251 e. The van der Waals surface area contributed by atoms with Gasteiger partial charge in [0.2, 0.25) is 0 Å². The van der Waals surface area contributed by atoms with Gasteiger partial charge >= 0.3 is 0 Å². The molecule has 0 fully saturated rings. The summed E-state index contributed by atoms with van der Waals surface area (Å²) < 4.78 is 0. The van der Waals surface area contributed by atoms with Crippen LogP contribution in [-0.2, 0) is 0 Å². The molecule has 1 aromatic carbocycles. The third kappa shape index (κ3) is 4.23. The van der Waals surface area contributed by atoms with Crippen LogP contribution in [0.3, 0.4) is 0 Å². The Labute approximate surface area is 156 Å². The SMILES string of the molecule is CCNc1ccnc(-c2ccc(C(=O)N[C@H](C)c3csc(C)n3)cc2)n1. The second kappa shape index (κ2) is 8.05. The van der Waals surface area contributed by atoms with Crippen LogP contribution in [0.15, 0.2) is 41.9 Å². The molecule has 3 rings (SSSR count). The van der Waals surface area contributed by atoms with Crippen LogP contribution in [0.5, 0.6) is 0 Å². The molecule has 1 amide bonds. The molecule has 3 aromatic rings. The molecular formula is C19H21N5OS. The fraction of sp³-hybridized carbons (Fsp3) is 0.263. The van der Waals surface area contributed by atoms with E-state index in [1.165, 1.54) is 0 Å². The number of hydrogen-bond acceptors (Lipinski definition) is 6. The predicted molar refractivity (Wildman–Crippen MR) is 104 cm³/mol. The Balaban J connectivity index is 1.70. The van der Waals surface area contributed by atoms with Crippen LogP contribution in [0, 0.1) is 6.92 Å². The summed E-state index contributed by atoms with van der Waals surface area (Å²) in [6, 6.07) is 8.98. The lowest BCUT2D eigenvalue weighted by Crippen LogP contribution is -2.26. The van der Waals surface area contributed by atoms with Gasteiger partial charge < -0.3 is 10.6 Å². The molecule has 1 atom stereocenters. The number of carbonyl (C=O) groups is 1.